The first kappa shape index (κ1) is 32.0. The van der Waals surface area contributed by atoms with Gasteiger partial charge in [-0.05, 0) is 94.1 Å². The highest BCUT2D eigenvalue weighted by molar-refractivity contribution is 5.86. The van der Waals surface area contributed by atoms with Crippen LogP contribution in [0, 0.1) is 0 Å². The molecule has 7 aromatic rings. The first-order valence-corrected chi connectivity index (χ1v) is 17.7. The molecule has 6 aromatic carbocycles. The second-order valence-electron chi connectivity index (χ2n) is 13.3. The quantitative estimate of drug-likeness (QED) is 0.153. The first-order valence-electron chi connectivity index (χ1n) is 17.7. The highest BCUT2D eigenvalue weighted by Crippen LogP contribution is 2.53. The Kier molecular flexibility index (Phi) is 8.55. The number of rotatable bonds is 8. The predicted octanol–water partition coefficient (Wildman–Crippen LogP) is 12.2. The lowest BCUT2D eigenvalue weighted by Crippen LogP contribution is -2.22. The lowest BCUT2D eigenvalue weighted by atomic mass is 9.74. The molecule has 0 saturated carbocycles. The van der Waals surface area contributed by atoms with Crippen molar-refractivity contribution in [2.75, 3.05) is 0 Å². The highest BCUT2D eigenvalue weighted by atomic mass is 15.0. The van der Waals surface area contributed by atoms with E-state index in [0.29, 0.717) is 17.5 Å². The van der Waals surface area contributed by atoms with E-state index in [2.05, 4.69) is 160 Å². The van der Waals surface area contributed by atoms with Crippen LogP contribution in [-0.4, -0.2) is 15.0 Å². The van der Waals surface area contributed by atoms with E-state index in [1.165, 1.54) is 38.9 Å². The van der Waals surface area contributed by atoms with Crippen LogP contribution < -0.4 is 0 Å². The molecule has 1 atom stereocenters. The van der Waals surface area contributed by atoms with Gasteiger partial charge in [-0.3, -0.25) is 0 Å². The SMILES string of the molecule is CC/C=C\C=C(/C)c1nc(-c2ccccc2)nc(-c2cccc(-c3cccc(-c4ccc5c(c4)C(C)(c4ccccc4)c4ccccc4-5)c3)c2)n1. The van der Waals surface area contributed by atoms with Crippen LogP contribution >= 0.6 is 0 Å². The van der Waals surface area contributed by atoms with Crippen molar-refractivity contribution in [2.24, 2.45) is 0 Å². The van der Waals surface area contributed by atoms with Crippen LogP contribution in [0.25, 0.3) is 61.7 Å². The van der Waals surface area contributed by atoms with Crippen LogP contribution in [0.1, 0.15) is 49.7 Å². The molecule has 1 heterocycles. The summed E-state index contributed by atoms with van der Waals surface area (Å²) in [4.78, 5) is 14.8. The number of aromatic nitrogens is 3. The van der Waals surface area contributed by atoms with Gasteiger partial charge in [-0.1, -0.05) is 159 Å². The van der Waals surface area contributed by atoms with Crippen LogP contribution in [0.2, 0.25) is 0 Å². The fourth-order valence-electron chi connectivity index (χ4n) is 7.29. The Labute approximate surface area is 300 Å². The molecule has 0 fully saturated rings. The minimum atomic E-state index is -0.239. The number of hydrogen-bond donors (Lipinski definition) is 0. The zero-order valence-corrected chi connectivity index (χ0v) is 29.2. The zero-order valence-electron chi connectivity index (χ0n) is 29.2. The van der Waals surface area contributed by atoms with Gasteiger partial charge in [0, 0.05) is 16.5 Å². The van der Waals surface area contributed by atoms with E-state index in [1.54, 1.807) is 0 Å². The molecule has 1 aromatic heterocycles. The van der Waals surface area contributed by atoms with Crippen LogP contribution in [0.5, 0.6) is 0 Å². The highest BCUT2D eigenvalue weighted by Gasteiger charge is 2.40. The smallest absolute Gasteiger partial charge is 0.164 e. The second kappa shape index (κ2) is 13.6. The van der Waals surface area contributed by atoms with Crippen molar-refractivity contribution in [3.63, 3.8) is 0 Å². The van der Waals surface area contributed by atoms with E-state index in [4.69, 9.17) is 15.0 Å². The summed E-state index contributed by atoms with van der Waals surface area (Å²) >= 11 is 0. The Morgan fingerprint density at radius 1 is 0.529 bits per heavy atom. The Morgan fingerprint density at radius 2 is 1.08 bits per heavy atom. The van der Waals surface area contributed by atoms with Crippen molar-refractivity contribution in [2.45, 2.75) is 32.6 Å². The normalized spacial score (nSPS) is 15.2. The first-order chi connectivity index (χ1) is 25.0. The van der Waals surface area contributed by atoms with Crippen molar-refractivity contribution < 1.29 is 0 Å². The van der Waals surface area contributed by atoms with E-state index >= 15 is 0 Å². The molecule has 0 amide bonds. The number of allylic oxidation sites excluding steroid dienone is 4. The Morgan fingerprint density at radius 3 is 1.78 bits per heavy atom. The summed E-state index contributed by atoms with van der Waals surface area (Å²) in [6, 6.07) is 54.2. The predicted molar refractivity (Wildman–Crippen MR) is 212 cm³/mol. The third-order valence-electron chi connectivity index (χ3n) is 10.1. The third kappa shape index (κ3) is 6.02. The molecule has 3 nitrogen and oxygen atoms in total. The zero-order chi connectivity index (χ0) is 34.8. The van der Waals surface area contributed by atoms with Gasteiger partial charge in [0.15, 0.2) is 17.5 Å². The Hall–Kier alpha value is -6.19. The molecule has 0 spiro atoms. The molecule has 1 unspecified atom stereocenters. The summed E-state index contributed by atoms with van der Waals surface area (Å²) < 4.78 is 0. The van der Waals surface area contributed by atoms with Crippen LogP contribution in [0.15, 0.2) is 170 Å². The van der Waals surface area contributed by atoms with Gasteiger partial charge < -0.3 is 0 Å². The molecule has 0 bridgehead atoms. The van der Waals surface area contributed by atoms with Crippen molar-refractivity contribution in [3.05, 3.63) is 192 Å². The van der Waals surface area contributed by atoms with Crippen LogP contribution in [0.4, 0.5) is 0 Å². The maximum Gasteiger partial charge on any atom is 0.164 e. The van der Waals surface area contributed by atoms with E-state index in [0.717, 1.165) is 34.2 Å². The average Bonchev–Trinajstić information content (AvgIpc) is 3.46. The topological polar surface area (TPSA) is 38.7 Å². The fraction of sp³-hybridized carbons (Fsp3) is 0.104. The lowest BCUT2D eigenvalue weighted by Gasteiger charge is -2.28. The van der Waals surface area contributed by atoms with Crippen molar-refractivity contribution in [1.82, 2.24) is 15.0 Å². The van der Waals surface area contributed by atoms with Gasteiger partial charge in [0.1, 0.15) is 0 Å². The molecule has 0 radical (unpaired) electrons. The number of fused-ring (bicyclic) bond motifs is 3. The van der Waals surface area contributed by atoms with E-state index < -0.39 is 0 Å². The van der Waals surface area contributed by atoms with E-state index in [1.807, 2.05) is 30.3 Å². The second-order valence-corrected chi connectivity index (χ2v) is 13.3. The van der Waals surface area contributed by atoms with Crippen molar-refractivity contribution in [1.29, 1.82) is 0 Å². The van der Waals surface area contributed by atoms with Crippen molar-refractivity contribution >= 4 is 5.57 Å². The van der Waals surface area contributed by atoms with E-state index in [9.17, 15) is 0 Å². The van der Waals surface area contributed by atoms with Gasteiger partial charge in [0.05, 0.1) is 0 Å². The standard InChI is InChI=1S/C48H39N3/c1-4-5-8-17-33(2)45-49-46(34-18-9-6-10-19-34)51-47(50-45)39-23-16-22-37(31-39)35-20-15-21-36(30-35)38-28-29-42-41-26-13-14-27-43(41)48(3,44(42)32-38)40-24-11-7-12-25-40/h5-32H,4H2,1-3H3/b8-5-,33-17+. The molecule has 1 aliphatic carbocycles. The summed E-state index contributed by atoms with van der Waals surface area (Å²) in [6.45, 7) is 6.55. The summed E-state index contributed by atoms with van der Waals surface area (Å²) in [7, 11) is 0. The van der Waals surface area contributed by atoms with Gasteiger partial charge in [-0.25, -0.2) is 15.0 Å². The molecule has 0 N–H and O–H groups in total. The Balaban J connectivity index is 1.18. The number of hydrogen-bond acceptors (Lipinski definition) is 3. The van der Waals surface area contributed by atoms with Crippen LogP contribution in [0.3, 0.4) is 0 Å². The molecular weight excluding hydrogens is 619 g/mol. The monoisotopic (exact) mass is 657 g/mol. The molecule has 246 valence electrons. The Bertz CT molecular complexity index is 2420. The maximum absolute atomic E-state index is 4.97. The van der Waals surface area contributed by atoms with Crippen LogP contribution in [-0.2, 0) is 5.41 Å². The minimum Gasteiger partial charge on any atom is -0.209 e. The summed E-state index contributed by atoms with van der Waals surface area (Å²) in [5.74, 6) is 1.99. The lowest BCUT2D eigenvalue weighted by molar-refractivity contribution is 0.714. The van der Waals surface area contributed by atoms with Gasteiger partial charge >= 0.3 is 0 Å². The molecule has 8 rings (SSSR count). The number of benzene rings is 6. The molecular formula is C48H39N3. The summed E-state index contributed by atoms with van der Waals surface area (Å²) in [5.41, 5.74) is 13.9. The van der Waals surface area contributed by atoms with Gasteiger partial charge in [-0.15, -0.1) is 0 Å². The van der Waals surface area contributed by atoms with Gasteiger partial charge in [-0.2, -0.15) is 0 Å². The molecule has 0 aliphatic heterocycles. The molecule has 1 aliphatic rings. The third-order valence-corrected chi connectivity index (χ3v) is 10.1. The molecule has 0 saturated heterocycles. The minimum absolute atomic E-state index is 0.239. The van der Waals surface area contributed by atoms with Gasteiger partial charge in [0.25, 0.3) is 0 Å². The summed E-state index contributed by atoms with van der Waals surface area (Å²) in [5, 5.41) is 0. The maximum atomic E-state index is 4.97. The summed E-state index contributed by atoms with van der Waals surface area (Å²) in [6.07, 6.45) is 7.24. The van der Waals surface area contributed by atoms with Crippen molar-refractivity contribution in [3.8, 4) is 56.2 Å². The molecule has 51 heavy (non-hydrogen) atoms. The van der Waals surface area contributed by atoms with E-state index in [-0.39, 0.29) is 5.41 Å². The molecule has 3 heteroatoms. The van der Waals surface area contributed by atoms with Gasteiger partial charge in [0.2, 0.25) is 0 Å². The fourth-order valence-corrected chi connectivity index (χ4v) is 7.29. The number of nitrogens with zero attached hydrogens (tertiary/aromatic N) is 3. The largest absolute Gasteiger partial charge is 0.209 e. The average molecular weight is 658 g/mol.